The third kappa shape index (κ3) is 3.70. The molecule has 0 aromatic heterocycles. The maximum absolute atomic E-state index is 5.78. The zero-order chi connectivity index (χ0) is 11.2. The molecule has 2 rings (SSSR count). The molecule has 2 aliphatic heterocycles. The van der Waals surface area contributed by atoms with Crippen LogP contribution in [0.4, 0.5) is 0 Å². The summed E-state index contributed by atoms with van der Waals surface area (Å²) in [5, 5.41) is 7.03. The van der Waals surface area contributed by atoms with E-state index in [9.17, 15) is 0 Å². The Morgan fingerprint density at radius 3 is 2.94 bits per heavy atom. The van der Waals surface area contributed by atoms with Gasteiger partial charge in [0.1, 0.15) is 0 Å². The topological polar surface area (TPSA) is 36.5 Å². The molecule has 0 radical (unpaired) electrons. The van der Waals surface area contributed by atoms with Crippen LogP contribution in [-0.2, 0) is 4.74 Å². The van der Waals surface area contributed by atoms with E-state index < -0.39 is 0 Å². The lowest BCUT2D eigenvalue weighted by atomic mass is 10.1. The van der Waals surface area contributed by atoms with E-state index in [0.717, 1.165) is 45.9 Å². The number of rotatable bonds is 4. The predicted molar refractivity (Wildman–Crippen MR) is 65.7 cm³/mol. The molecule has 2 saturated heterocycles. The third-order valence-electron chi connectivity index (χ3n) is 3.64. The maximum atomic E-state index is 5.78. The van der Waals surface area contributed by atoms with Crippen LogP contribution in [0.3, 0.4) is 0 Å². The highest BCUT2D eigenvalue weighted by molar-refractivity contribution is 4.78. The fourth-order valence-corrected chi connectivity index (χ4v) is 2.52. The summed E-state index contributed by atoms with van der Waals surface area (Å²) in [4.78, 5) is 2.47. The van der Waals surface area contributed by atoms with Crippen LogP contribution in [0.1, 0.15) is 19.8 Å². The van der Waals surface area contributed by atoms with Crippen molar-refractivity contribution in [1.29, 1.82) is 0 Å². The van der Waals surface area contributed by atoms with Crippen molar-refractivity contribution < 1.29 is 4.74 Å². The average Bonchev–Trinajstić information content (AvgIpc) is 2.38. The molecule has 4 heteroatoms. The van der Waals surface area contributed by atoms with Gasteiger partial charge in [-0.3, -0.25) is 4.90 Å². The summed E-state index contributed by atoms with van der Waals surface area (Å²) in [5.41, 5.74) is 0. The molecule has 0 aromatic carbocycles. The Bertz CT molecular complexity index is 195. The van der Waals surface area contributed by atoms with Crippen molar-refractivity contribution in [1.82, 2.24) is 15.5 Å². The fourth-order valence-electron chi connectivity index (χ4n) is 2.52. The number of hydrogen-bond donors (Lipinski definition) is 2. The van der Waals surface area contributed by atoms with Gasteiger partial charge in [0.25, 0.3) is 0 Å². The van der Waals surface area contributed by atoms with Crippen LogP contribution in [0.25, 0.3) is 0 Å². The first kappa shape index (κ1) is 12.3. The highest BCUT2D eigenvalue weighted by atomic mass is 16.5. The standard InChI is InChI=1S/C12H25N3O/c1-2-15-7-8-16-12(10-15)9-14-11-3-5-13-6-4-11/h11-14H,2-10H2,1H3. The molecule has 0 amide bonds. The summed E-state index contributed by atoms with van der Waals surface area (Å²) in [6, 6.07) is 0.696. The summed E-state index contributed by atoms with van der Waals surface area (Å²) in [6.07, 6.45) is 2.90. The fraction of sp³-hybridized carbons (Fsp3) is 1.00. The molecular weight excluding hydrogens is 202 g/mol. The number of nitrogens with one attached hydrogen (secondary N) is 2. The van der Waals surface area contributed by atoms with Crippen molar-refractivity contribution in [3.63, 3.8) is 0 Å². The first-order valence-electron chi connectivity index (χ1n) is 6.66. The van der Waals surface area contributed by atoms with E-state index in [4.69, 9.17) is 4.74 Å². The minimum atomic E-state index is 0.392. The van der Waals surface area contributed by atoms with E-state index in [-0.39, 0.29) is 0 Å². The largest absolute Gasteiger partial charge is 0.374 e. The van der Waals surface area contributed by atoms with Gasteiger partial charge in [-0.2, -0.15) is 0 Å². The molecule has 0 bridgehead atoms. The van der Waals surface area contributed by atoms with Crippen molar-refractivity contribution in [2.45, 2.75) is 31.9 Å². The van der Waals surface area contributed by atoms with Crippen LogP contribution in [0.15, 0.2) is 0 Å². The minimum Gasteiger partial charge on any atom is -0.374 e. The molecule has 0 aromatic rings. The second-order valence-corrected chi connectivity index (χ2v) is 4.82. The second-order valence-electron chi connectivity index (χ2n) is 4.82. The van der Waals surface area contributed by atoms with Crippen molar-refractivity contribution >= 4 is 0 Å². The molecular formula is C12H25N3O. The van der Waals surface area contributed by atoms with E-state index in [0.29, 0.717) is 12.1 Å². The molecule has 2 aliphatic rings. The lowest BCUT2D eigenvalue weighted by Crippen LogP contribution is -2.49. The Kier molecular flexibility index (Phi) is 5.03. The Morgan fingerprint density at radius 1 is 1.38 bits per heavy atom. The SMILES string of the molecule is CCN1CCOC(CNC2CCNCC2)C1. The molecule has 0 spiro atoms. The van der Waals surface area contributed by atoms with Gasteiger partial charge in [-0.1, -0.05) is 6.92 Å². The lowest BCUT2D eigenvalue weighted by molar-refractivity contribution is -0.0267. The van der Waals surface area contributed by atoms with Gasteiger partial charge in [-0.15, -0.1) is 0 Å². The number of piperidine rings is 1. The van der Waals surface area contributed by atoms with Crippen LogP contribution in [0.5, 0.6) is 0 Å². The Balaban J connectivity index is 1.64. The Morgan fingerprint density at radius 2 is 2.19 bits per heavy atom. The van der Waals surface area contributed by atoms with Crippen molar-refractivity contribution in [3.05, 3.63) is 0 Å². The van der Waals surface area contributed by atoms with Gasteiger partial charge < -0.3 is 15.4 Å². The minimum absolute atomic E-state index is 0.392. The van der Waals surface area contributed by atoms with Crippen molar-refractivity contribution in [2.75, 3.05) is 45.9 Å². The van der Waals surface area contributed by atoms with Gasteiger partial charge in [0, 0.05) is 25.7 Å². The van der Waals surface area contributed by atoms with Crippen molar-refractivity contribution in [2.24, 2.45) is 0 Å². The highest BCUT2D eigenvalue weighted by Crippen LogP contribution is 2.06. The van der Waals surface area contributed by atoms with Crippen LogP contribution >= 0.6 is 0 Å². The Hall–Kier alpha value is -0.160. The zero-order valence-corrected chi connectivity index (χ0v) is 10.4. The first-order chi connectivity index (χ1) is 7.88. The van der Waals surface area contributed by atoms with E-state index in [1.54, 1.807) is 0 Å². The van der Waals surface area contributed by atoms with E-state index in [1.807, 2.05) is 0 Å². The van der Waals surface area contributed by atoms with Gasteiger partial charge in [0.05, 0.1) is 12.7 Å². The lowest BCUT2D eigenvalue weighted by Gasteiger charge is -2.33. The number of likely N-dealkylation sites (N-methyl/N-ethyl adjacent to an activating group) is 1. The molecule has 94 valence electrons. The summed E-state index contributed by atoms with van der Waals surface area (Å²) >= 11 is 0. The summed E-state index contributed by atoms with van der Waals surface area (Å²) in [7, 11) is 0. The maximum Gasteiger partial charge on any atom is 0.0826 e. The second kappa shape index (κ2) is 6.55. The van der Waals surface area contributed by atoms with Crippen LogP contribution in [0, 0.1) is 0 Å². The van der Waals surface area contributed by atoms with E-state index in [1.165, 1.54) is 12.8 Å². The third-order valence-corrected chi connectivity index (χ3v) is 3.64. The number of hydrogen-bond acceptors (Lipinski definition) is 4. The quantitative estimate of drug-likeness (QED) is 0.711. The van der Waals surface area contributed by atoms with E-state index >= 15 is 0 Å². The first-order valence-corrected chi connectivity index (χ1v) is 6.66. The number of ether oxygens (including phenoxy) is 1. The molecule has 16 heavy (non-hydrogen) atoms. The summed E-state index contributed by atoms with van der Waals surface area (Å²) < 4.78 is 5.78. The van der Waals surface area contributed by atoms with Gasteiger partial charge in [-0.25, -0.2) is 0 Å². The molecule has 2 N–H and O–H groups in total. The molecule has 1 unspecified atom stereocenters. The Labute approximate surface area is 98.7 Å². The zero-order valence-electron chi connectivity index (χ0n) is 10.4. The predicted octanol–water partition coefficient (Wildman–Crippen LogP) is 0.0487. The van der Waals surface area contributed by atoms with E-state index in [2.05, 4.69) is 22.5 Å². The average molecular weight is 227 g/mol. The van der Waals surface area contributed by atoms with Gasteiger partial charge >= 0.3 is 0 Å². The molecule has 4 nitrogen and oxygen atoms in total. The van der Waals surface area contributed by atoms with Crippen LogP contribution < -0.4 is 10.6 Å². The highest BCUT2D eigenvalue weighted by Gasteiger charge is 2.20. The van der Waals surface area contributed by atoms with Gasteiger partial charge in [0.15, 0.2) is 0 Å². The number of nitrogens with zero attached hydrogens (tertiary/aromatic N) is 1. The molecule has 2 heterocycles. The molecule has 0 saturated carbocycles. The van der Waals surface area contributed by atoms with Gasteiger partial charge in [-0.05, 0) is 32.5 Å². The van der Waals surface area contributed by atoms with Crippen LogP contribution in [0.2, 0.25) is 0 Å². The molecule has 0 aliphatic carbocycles. The molecule has 1 atom stereocenters. The van der Waals surface area contributed by atoms with Crippen molar-refractivity contribution in [3.8, 4) is 0 Å². The smallest absolute Gasteiger partial charge is 0.0826 e. The summed E-state index contributed by atoms with van der Waals surface area (Å²) in [6.45, 7) is 9.78. The number of morpholine rings is 1. The summed E-state index contributed by atoms with van der Waals surface area (Å²) in [5.74, 6) is 0. The molecule has 2 fully saturated rings. The van der Waals surface area contributed by atoms with Gasteiger partial charge in [0.2, 0.25) is 0 Å². The normalized spacial score (nSPS) is 29.4. The monoisotopic (exact) mass is 227 g/mol. The van der Waals surface area contributed by atoms with Crippen LogP contribution in [-0.4, -0.2) is 62.9 Å².